The molecule has 1 aromatic carbocycles. The molecule has 32 heavy (non-hydrogen) atoms. The van der Waals surface area contributed by atoms with Crippen LogP contribution in [-0.2, 0) is 4.74 Å². The molecule has 0 aliphatic carbocycles. The van der Waals surface area contributed by atoms with Crippen LogP contribution in [0.3, 0.4) is 0 Å². The van der Waals surface area contributed by atoms with Crippen LogP contribution in [0.4, 0.5) is 10.3 Å². The van der Waals surface area contributed by atoms with Crippen LogP contribution in [0.5, 0.6) is 0 Å². The minimum atomic E-state index is -0.526. The van der Waals surface area contributed by atoms with Gasteiger partial charge in [-0.15, -0.1) is 0 Å². The topological polar surface area (TPSA) is 95.1 Å². The minimum absolute atomic E-state index is 0.0388. The minimum Gasteiger partial charge on any atom is -0.381 e. The predicted octanol–water partition coefficient (Wildman–Crippen LogP) is 3.63. The first-order valence-electron chi connectivity index (χ1n) is 10.6. The van der Waals surface area contributed by atoms with Crippen LogP contribution in [0.2, 0.25) is 5.02 Å². The van der Waals surface area contributed by atoms with Crippen LogP contribution in [0.1, 0.15) is 30.9 Å². The van der Waals surface area contributed by atoms with Crippen LogP contribution < -0.4 is 16.6 Å². The van der Waals surface area contributed by atoms with E-state index in [4.69, 9.17) is 22.1 Å². The van der Waals surface area contributed by atoms with E-state index in [2.05, 4.69) is 15.3 Å². The highest BCUT2D eigenvalue weighted by atomic mass is 35.5. The Balaban J connectivity index is 1.60. The van der Waals surface area contributed by atoms with Crippen LogP contribution in [0.25, 0.3) is 11.3 Å². The van der Waals surface area contributed by atoms with Gasteiger partial charge < -0.3 is 20.4 Å². The first kappa shape index (κ1) is 22.4. The Labute approximate surface area is 190 Å². The fourth-order valence-corrected chi connectivity index (χ4v) is 3.98. The van der Waals surface area contributed by atoms with Crippen molar-refractivity contribution in [1.82, 2.24) is 14.5 Å². The van der Waals surface area contributed by atoms with Crippen molar-refractivity contribution in [3.05, 3.63) is 75.5 Å². The van der Waals surface area contributed by atoms with Crippen LogP contribution in [-0.4, -0.2) is 40.3 Å². The van der Waals surface area contributed by atoms with E-state index >= 15 is 0 Å². The maximum Gasteiger partial charge on any atom is 0.251 e. The van der Waals surface area contributed by atoms with E-state index < -0.39 is 11.9 Å². The van der Waals surface area contributed by atoms with E-state index in [0.29, 0.717) is 35.7 Å². The second-order valence-electron chi connectivity index (χ2n) is 7.72. The van der Waals surface area contributed by atoms with E-state index in [0.717, 1.165) is 26.1 Å². The third kappa shape index (κ3) is 5.15. The van der Waals surface area contributed by atoms with Crippen molar-refractivity contribution in [2.45, 2.75) is 31.3 Å². The van der Waals surface area contributed by atoms with Crippen molar-refractivity contribution in [3.8, 4) is 11.3 Å². The molecule has 3 N–H and O–H groups in total. The molecule has 1 atom stereocenters. The number of halogens is 2. The highest BCUT2D eigenvalue weighted by molar-refractivity contribution is 6.30. The number of nitrogens with two attached hydrogens (primary N) is 1. The molecule has 7 nitrogen and oxygen atoms in total. The molecule has 1 aliphatic rings. The first-order valence-corrected chi connectivity index (χ1v) is 11.0. The van der Waals surface area contributed by atoms with Crippen molar-refractivity contribution in [3.63, 3.8) is 0 Å². The molecule has 1 fully saturated rings. The Kier molecular flexibility index (Phi) is 7.14. The van der Waals surface area contributed by atoms with Crippen molar-refractivity contribution in [2.75, 3.05) is 25.1 Å². The lowest BCUT2D eigenvalue weighted by molar-refractivity contribution is 0.0903. The number of hydrogen-bond donors (Lipinski definition) is 2. The monoisotopic (exact) mass is 457 g/mol. The third-order valence-electron chi connectivity index (χ3n) is 5.56. The summed E-state index contributed by atoms with van der Waals surface area (Å²) in [6.45, 7) is 1.78. The van der Waals surface area contributed by atoms with Gasteiger partial charge >= 0.3 is 0 Å². The van der Waals surface area contributed by atoms with Crippen LogP contribution in [0, 0.1) is 5.82 Å². The fourth-order valence-electron chi connectivity index (χ4n) is 3.86. The summed E-state index contributed by atoms with van der Waals surface area (Å²) in [5.41, 5.74) is 7.50. The molecule has 0 saturated carbocycles. The molecular formula is C23H25ClFN5O2. The zero-order chi connectivity index (χ0) is 22.5. The number of nitrogens with zero attached hydrogens (tertiary/aromatic N) is 3. The lowest BCUT2D eigenvalue weighted by Gasteiger charge is -2.23. The normalized spacial score (nSPS) is 15.5. The number of nitrogens with one attached hydrogen (secondary N) is 1. The van der Waals surface area contributed by atoms with Gasteiger partial charge in [-0.2, -0.15) is 0 Å². The summed E-state index contributed by atoms with van der Waals surface area (Å²) in [7, 11) is 0. The molecule has 0 bridgehead atoms. The molecule has 9 heteroatoms. The summed E-state index contributed by atoms with van der Waals surface area (Å²) in [5, 5.41) is 3.38. The van der Waals surface area contributed by atoms with Crippen molar-refractivity contribution < 1.29 is 9.13 Å². The number of hydrogen-bond acceptors (Lipinski definition) is 6. The second kappa shape index (κ2) is 10.2. The molecule has 0 unspecified atom stereocenters. The molecule has 1 saturated heterocycles. The van der Waals surface area contributed by atoms with Gasteiger partial charge in [0.05, 0.1) is 16.8 Å². The van der Waals surface area contributed by atoms with E-state index in [9.17, 15) is 9.18 Å². The lowest BCUT2D eigenvalue weighted by Crippen LogP contribution is -2.28. The van der Waals surface area contributed by atoms with Crippen molar-refractivity contribution >= 4 is 17.5 Å². The van der Waals surface area contributed by atoms with Crippen molar-refractivity contribution in [2.24, 2.45) is 5.73 Å². The van der Waals surface area contributed by atoms with Gasteiger partial charge in [0.1, 0.15) is 5.82 Å². The molecule has 1 aliphatic heterocycles. The van der Waals surface area contributed by atoms with Gasteiger partial charge in [-0.1, -0.05) is 17.7 Å². The highest BCUT2D eigenvalue weighted by Crippen LogP contribution is 2.25. The second-order valence-corrected chi connectivity index (χ2v) is 8.13. The van der Waals surface area contributed by atoms with E-state index in [1.54, 1.807) is 29.1 Å². The number of ether oxygens (including phenoxy) is 1. The summed E-state index contributed by atoms with van der Waals surface area (Å²) >= 11 is 5.81. The summed E-state index contributed by atoms with van der Waals surface area (Å²) in [5.74, 6) is -0.00220. The first-order chi connectivity index (χ1) is 15.5. The zero-order valence-corrected chi connectivity index (χ0v) is 18.3. The summed E-state index contributed by atoms with van der Waals surface area (Å²) in [6, 6.07) is 9.53. The average Bonchev–Trinajstić information content (AvgIpc) is 2.80. The molecule has 0 amide bonds. The largest absolute Gasteiger partial charge is 0.381 e. The maximum atomic E-state index is 14.0. The van der Waals surface area contributed by atoms with Gasteiger partial charge in [0.15, 0.2) is 0 Å². The maximum absolute atomic E-state index is 14.0. The molecule has 0 spiro atoms. The van der Waals surface area contributed by atoms with Crippen LogP contribution >= 0.6 is 11.6 Å². The molecule has 3 heterocycles. The van der Waals surface area contributed by atoms with Gasteiger partial charge in [-0.3, -0.25) is 4.79 Å². The van der Waals surface area contributed by atoms with Gasteiger partial charge in [0.2, 0.25) is 5.95 Å². The lowest BCUT2D eigenvalue weighted by atomic mass is 10.0. The number of anilines is 1. The SMILES string of the molecule is NCC[C@H](c1ccc(Cl)c(F)c1)n1ccc(-c2ccnc(NC3CCOCC3)n2)cc1=O. The average molecular weight is 458 g/mol. The van der Waals surface area contributed by atoms with Crippen LogP contribution in [0.15, 0.2) is 53.6 Å². The van der Waals surface area contributed by atoms with Gasteiger partial charge in [0.25, 0.3) is 5.56 Å². The van der Waals surface area contributed by atoms with E-state index in [-0.39, 0.29) is 16.6 Å². The Morgan fingerprint density at radius 1 is 1.25 bits per heavy atom. The smallest absolute Gasteiger partial charge is 0.251 e. The molecule has 0 radical (unpaired) electrons. The standard InChI is InChI=1S/C23H25ClFN5O2/c24-18-2-1-16(13-19(18)25)21(3-8-26)30-10-5-15(14-22(30)31)20-4-9-27-23(29-20)28-17-6-11-32-12-7-17/h1-2,4-5,9-10,13-14,17,21H,3,6-8,11-12,26H2,(H,27,28,29)/t21-/m1/s1. The van der Waals surface area contributed by atoms with Gasteiger partial charge in [-0.05, 0) is 55.6 Å². The third-order valence-corrected chi connectivity index (χ3v) is 5.86. The van der Waals surface area contributed by atoms with E-state index in [1.165, 1.54) is 18.2 Å². The molecular weight excluding hydrogens is 433 g/mol. The van der Waals surface area contributed by atoms with Gasteiger partial charge in [-0.25, -0.2) is 14.4 Å². The Morgan fingerprint density at radius 2 is 2.06 bits per heavy atom. The Morgan fingerprint density at radius 3 is 2.78 bits per heavy atom. The van der Waals surface area contributed by atoms with Crippen molar-refractivity contribution in [1.29, 1.82) is 0 Å². The van der Waals surface area contributed by atoms with E-state index in [1.807, 2.05) is 6.07 Å². The summed E-state index contributed by atoms with van der Waals surface area (Å²) < 4.78 is 20.9. The molecule has 168 valence electrons. The molecule has 2 aromatic heterocycles. The number of pyridine rings is 1. The summed E-state index contributed by atoms with van der Waals surface area (Å²) in [6.07, 6.45) is 5.64. The molecule has 3 aromatic rings. The summed E-state index contributed by atoms with van der Waals surface area (Å²) in [4.78, 5) is 21.9. The number of benzene rings is 1. The predicted molar refractivity (Wildman–Crippen MR) is 122 cm³/mol. The zero-order valence-electron chi connectivity index (χ0n) is 17.5. The highest BCUT2D eigenvalue weighted by Gasteiger charge is 2.18. The van der Waals surface area contributed by atoms with Gasteiger partial charge in [0, 0.05) is 43.3 Å². The number of aromatic nitrogens is 3. The number of rotatable bonds is 7. The Bertz CT molecular complexity index is 1130. The molecule has 4 rings (SSSR count). The fraction of sp³-hybridized carbons (Fsp3) is 0.348. The quantitative estimate of drug-likeness (QED) is 0.562. The Hall–Kier alpha value is -2.81.